The number of nitrogens with zero attached hydrogens (tertiary/aromatic N) is 1. The highest BCUT2D eigenvalue weighted by atomic mass is 32.2. The number of urea groups is 1. The highest BCUT2D eigenvalue weighted by Crippen LogP contribution is 2.22. The van der Waals surface area contributed by atoms with Gasteiger partial charge in [-0.25, -0.2) is 9.59 Å². The minimum Gasteiger partial charge on any atom is -0.480 e. The Hall–Kier alpha value is -1.12. The minimum atomic E-state index is -4.36. The lowest BCUT2D eigenvalue weighted by Crippen LogP contribution is -2.55. The Morgan fingerprint density at radius 2 is 2.16 bits per heavy atom. The summed E-state index contributed by atoms with van der Waals surface area (Å²) in [5, 5.41) is 11.1. The van der Waals surface area contributed by atoms with Gasteiger partial charge in [0, 0.05) is 24.1 Å². The van der Waals surface area contributed by atoms with Crippen molar-refractivity contribution < 1.29 is 27.9 Å². The minimum absolute atomic E-state index is 0.214. The van der Waals surface area contributed by atoms with Crippen LogP contribution in [0.5, 0.6) is 0 Å². The van der Waals surface area contributed by atoms with Crippen LogP contribution >= 0.6 is 11.8 Å². The van der Waals surface area contributed by atoms with Crippen molar-refractivity contribution in [2.75, 3.05) is 18.1 Å². The highest BCUT2D eigenvalue weighted by Gasteiger charge is 2.35. The highest BCUT2D eigenvalue weighted by molar-refractivity contribution is 7.99. The lowest BCUT2D eigenvalue weighted by molar-refractivity contribution is -0.142. The van der Waals surface area contributed by atoms with Crippen molar-refractivity contribution >= 4 is 23.8 Å². The molecule has 1 rings (SSSR count). The molecule has 1 aliphatic heterocycles. The molecule has 2 unspecified atom stereocenters. The molecule has 1 fully saturated rings. The van der Waals surface area contributed by atoms with E-state index in [0.717, 1.165) is 4.90 Å². The van der Waals surface area contributed by atoms with E-state index in [-0.39, 0.29) is 12.3 Å². The van der Waals surface area contributed by atoms with Crippen molar-refractivity contribution in [3.63, 3.8) is 0 Å². The molecule has 19 heavy (non-hydrogen) atoms. The van der Waals surface area contributed by atoms with Gasteiger partial charge in [-0.1, -0.05) is 0 Å². The first-order valence-corrected chi connectivity index (χ1v) is 6.80. The first-order chi connectivity index (χ1) is 8.70. The Morgan fingerprint density at radius 3 is 2.68 bits per heavy atom. The van der Waals surface area contributed by atoms with E-state index in [9.17, 15) is 22.8 Å². The molecule has 0 aliphatic carbocycles. The second-order valence-corrected chi connectivity index (χ2v) is 5.44. The van der Waals surface area contributed by atoms with Gasteiger partial charge >= 0.3 is 18.2 Å². The smallest absolute Gasteiger partial charge is 0.391 e. The summed E-state index contributed by atoms with van der Waals surface area (Å²) in [7, 11) is 0. The van der Waals surface area contributed by atoms with Crippen molar-refractivity contribution in [1.82, 2.24) is 10.2 Å². The van der Waals surface area contributed by atoms with Gasteiger partial charge < -0.3 is 15.3 Å². The Labute approximate surface area is 112 Å². The predicted octanol–water partition coefficient (Wildman–Crippen LogP) is 1.54. The van der Waals surface area contributed by atoms with Crippen LogP contribution in [0.15, 0.2) is 0 Å². The van der Waals surface area contributed by atoms with E-state index < -0.39 is 36.7 Å². The molecule has 0 bridgehead atoms. The summed E-state index contributed by atoms with van der Waals surface area (Å²) in [6, 6.07) is -2.84. The maximum atomic E-state index is 12.1. The van der Waals surface area contributed by atoms with Crippen LogP contribution < -0.4 is 5.32 Å². The molecular weight excluding hydrogens is 285 g/mol. The SMILES string of the molecule is CC(CC(F)(F)F)NC(=O)N1CCSCC1C(=O)O. The van der Waals surface area contributed by atoms with E-state index in [2.05, 4.69) is 5.32 Å². The second-order valence-electron chi connectivity index (χ2n) is 4.29. The zero-order chi connectivity index (χ0) is 14.6. The molecule has 2 N–H and O–H groups in total. The summed E-state index contributed by atoms with van der Waals surface area (Å²) < 4.78 is 36.4. The number of carboxylic acid groups (broad SMARTS) is 1. The molecule has 110 valence electrons. The number of nitrogens with one attached hydrogen (secondary N) is 1. The first kappa shape index (κ1) is 15.9. The topological polar surface area (TPSA) is 69.6 Å². The third-order valence-corrected chi connectivity index (χ3v) is 3.60. The molecule has 5 nitrogen and oxygen atoms in total. The van der Waals surface area contributed by atoms with Crippen LogP contribution in [0.4, 0.5) is 18.0 Å². The fraction of sp³-hybridized carbons (Fsp3) is 0.800. The summed E-state index contributed by atoms with van der Waals surface area (Å²) >= 11 is 1.40. The van der Waals surface area contributed by atoms with Crippen LogP contribution in [-0.2, 0) is 4.79 Å². The number of aliphatic carboxylic acids is 1. The Morgan fingerprint density at radius 1 is 1.53 bits per heavy atom. The van der Waals surface area contributed by atoms with Gasteiger partial charge in [-0.05, 0) is 6.92 Å². The number of amides is 2. The zero-order valence-corrected chi connectivity index (χ0v) is 11.1. The van der Waals surface area contributed by atoms with E-state index in [1.165, 1.54) is 18.7 Å². The van der Waals surface area contributed by atoms with Crippen LogP contribution in [0.25, 0.3) is 0 Å². The molecule has 0 radical (unpaired) electrons. The van der Waals surface area contributed by atoms with Gasteiger partial charge in [0.1, 0.15) is 6.04 Å². The standard InChI is InChI=1S/C10H15F3N2O3S/c1-6(4-10(11,12)13)14-9(18)15-2-3-19-5-7(15)8(16)17/h6-7H,2-5H2,1H3,(H,14,18)(H,16,17). The molecular formula is C10H15F3N2O3S. The number of carboxylic acids is 1. The summed E-state index contributed by atoms with van der Waals surface area (Å²) in [6.07, 6.45) is -5.50. The molecule has 0 aromatic heterocycles. The summed E-state index contributed by atoms with van der Waals surface area (Å²) in [5.74, 6) is -0.327. The quantitative estimate of drug-likeness (QED) is 0.829. The molecule has 1 aliphatic rings. The number of carbonyl (C=O) groups excluding carboxylic acids is 1. The van der Waals surface area contributed by atoms with Gasteiger partial charge in [0.15, 0.2) is 0 Å². The van der Waals surface area contributed by atoms with E-state index in [0.29, 0.717) is 5.75 Å². The number of thioether (sulfide) groups is 1. The van der Waals surface area contributed by atoms with Crippen molar-refractivity contribution in [2.45, 2.75) is 31.6 Å². The molecule has 2 atom stereocenters. The van der Waals surface area contributed by atoms with Gasteiger partial charge in [0.25, 0.3) is 0 Å². The van der Waals surface area contributed by atoms with Crippen molar-refractivity contribution in [3.05, 3.63) is 0 Å². The van der Waals surface area contributed by atoms with Crippen LogP contribution in [0.2, 0.25) is 0 Å². The fourth-order valence-electron chi connectivity index (χ4n) is 1.74. The lowest BCUT2D eigenvalue weighted by atomic mass is 10.2. The van der Waals surface area contributed by atoms with Crippen LogP contribution in [0.1, 0.15) is 13.3 Å². The molecule has 1 saturated heterocycles. The third-order valence-electron chi connectivity index (χ3n) is 2.58. The molecule has 0 aromatic rings. The lowest BCUT2D eigenvalue weighted by Gasteiger charge is -2.33. The maximum absolute atomic E-state index is 12.1. The number of halogens is 3. The van der Waals surface area contributed by atoms with Crippen molar-refractivity contribution in [3.8, 4) is 0 Å². The fourth-order valence-corrected chi connectivity index (χ4v) is 2.78. The van der Waals surface area contributed by atoms with Crippen LogP contribution in [0, 0.1) is 0 Å². The normalized spacial score (nSPS) is 21.9. The summed E-state index contributed by atoms with van der Waals surface area (Å²) in [6.45, 7) is 1.45. The Bertz CT molecular complexity index is 351. The first-order valence-electron chi connectivity index (χ1n) is 5.65. The third kappa shape index (κ3) is 5.17. The Balaban J connectivity index is 2.58. The number of alkyl halides is 3. The Kier molecular flexibility index (Phi) is 5.33. The van der Waals surface area contributed by atoms with Gasteiger partial charge in [0.2, 0.25) is 0 Å². The second kappa shape index (κ2) is 6.36. The van der Waals surface area contributed by atoms with Crippen LogP contribution in [-0.4, -0.2) is 58.3 Å². The van der Waals surface area contributed by atoms with E-state index >= 15 is 0 Å². The predicted molar refractivity (Wildman–Crippen MR) is 64.1 cm³/mol. The summed E-state index contributed by atoms with van der Waals surface area (Å²) in [5.41, 5.74) is 0. The average Bonchev–Trinajstić information content (AvgIpc) is 2.26. The van der Waals surface area contributed by atoms with Crippen molar-refractivity contribution in [1.29, 1.82) is 0 Å². The van der Waals surface area contributed by atoms with E-state index in [4.69, 9.17) is 5.11 Å². The molecule has 2 amide bonds. The van der Waals surface area contributed by atoms with Gasteiger partial charge in [-0.3, -0.25) is 0 Å². The molecule has 0 saturated carbocycles. The summed E-state index contributed by atoms with van der Waals surface area (Å²) in [4.78, 5) is 23.8. The number of rotatable bonds is 3. The van der Waals surface area contributed by atoms with E-state index in [1.807, 2.05) is 0 Å². The number of hydrogen-bond donors (Lipinski definition) is 2. The van der Waals surface area contributed by atoms with Gasteiger partial charge in [-0.2, -0.15) is 24.9 Å². The maximum Gasteiger partial charge on any atom is 0.391 e. The molecule has 1 heterocycles. The van der Waals surface area contributed by atoms with Crippen molar-refractivity contribution in [2.24, 2.45) is 0 Å². The van der Waals surface area contributed by atoms with Gasteiger partial charge in [-0.15, -0.1) is 0 Å². The molecule has 0 aromatic carbocycles. The zero-order valence-electron chi connectivity index (χ0n) is 10.2. The number of carbonyl (C=O) groups is 2. The van der Waals surface area contributed by atoms with Crippen LogP contribution in [0.3, 0.4) is 0 Å². The average molecular weight is 300 g/mol. The largest absolute Gasteiger partial charge is 0.480 e. The monoisotopic (exact) mass is 300 g/mol. The molecule has 0 spiro atoms. The van der Waals surface area contributed by atoms with E-state index in [1.54, 1.807) is 0 Å². The number of hydrogen-bond acceptors (Lipinski definition) is 3. The molecule has 9 heteroatoms. The van der Waals surface area contributed by atoms with Gasteiger partial charge in [0.05, 0.1) is 6.42 Å².